The van der Waals surface area contributed by atoms with Gasteiger partial charge >= 0.3 is 6.18 Å². The first-order chi connectivity index (χ1) is 13.3. The molecular weight excluding hydrogens is 367 g/mol. The molecule has 1 aromatic heterocycles. The Hall–Kier alpha value is -2.57. The number of hydrogen-bond donors (Lipinski definition) is 1. The van der Waals surface area contributed by atoms with Crippen LogP contribution >= 0.6 is 0 Å². The number of alkyl halides is 3. The fourth-order valence-corrected chi connectivity index (χ4v) is 3.41. The Kier molecular flexibility index (Phi) is 6.21. The Balaban J connectivity index is 1.47. The molecule has 0 spiro atoms. The Labute approximate surface area is 162 Å². The minimum Gasteiger partial charge on any atom is -0.357 e. The first kappa shape index (κ1) is 20.2. The number of carbonyl (C=O) groups excluding carboxylic acids is 1. The van der Waals surface area contributed by atoms with Gasteiger partial charge in [0.05, 0.1) is 5.56 Å². The van der Waals surface area contributed by atoms with E-state index in [0.717, 1.165) is 12.3 Å². The number of benzene rings is 1. The number of piperidine rings is 1. The Bertz CT molecular complexity index is 770. The summed E-state index contributed by atoms with van der Waals surface area (Å²) in [6.45, 7) is 3.87. The number of amides is 1. The van der Waals surface area contributed by atoms with Gasteiger partial charge in [-0.05, 0) is 36.5 Å². The van der Waals surface area contributed by atoms with Gasteiger partial charge < -0.3 is 10.2 Å². The smallest absolute Gasteiger partial charge is 0.357 e. The number of halogens is 3. The lowest BCUT2D eigenvalue weighted by Gasteiger charge is -2.32. The van der Waals surface area contributed by atoms with Crippen LogP contribution in [0.15, 0.2) is 48.7 Å². The van der Waals surface area contributed by atoms with Crippen molar-refractivity contribution in [3.8, 4) is 0 Å². The summed E-state index contributed by atoms with van der Waals surface area (Å²) < 4.78 is 37.9. The second kappa shape index (κ2) is 8.63. The molecule has 28 heavy (non-hydrogen) atoms. The molecule has 4 nitrogen and oxygen atoms in total. The average molecular weight is 391 g/mol. The summed E-state index contributed by atoms with van der Waals surface area (Å²) in [4.78, 5) is 18.3. The summed E-state index contributed by atoms with van der Waals surface area (Å²) in [6.07, 6.45) is -2.20. The largest absolute Gasteiger partial charge is 0.417 e. The highest BCUT2D eigenvalue weighted by atomic mass is 19.4. The fourth-order valence-electron chi connectivity index (χ4n) is 3.41. The lowest BCUT2D eigenvalue weighted by molar-refractivity contribution is -0.137. The lowest BCUT2D eigenvalue weighted by atomic mass is 9.95. The molecule has 2 aromatic rings. The third-order valence-electron chi connectivity index (χ3n) is 5.22. The third kappa shape index (κ3) is 5.03. The zero-order valence-corrected chi connectivity index (χ0v) is 15.7. The van der Waals surface area contributed by atoms with E-state index in [1.165, 1.54) is 11.6 Å². The molecule has 1 amide bonds. The number of aromatic nitrogens is 1. The molecule has 0 radical (unpaired) electrons. The lowest BCUT2D eigenvalue weighted by Crippen LogP contribution is -2.41. The van der Waals surface area contributed by atoms with E-state index in [-0.39, 0.29) is 17.7 Å². The van der Waals surface area contributed by atoms with E-state index in [1.54, 1.807) is 0 Å². The number of rotatable bonds is 5. The molecule has 1 saturated heterocycles. The van der Waals surface area contributed by atoms with Crippen molar-refractivity contribution in [2.75, 3.05) is 24.5 Å². The first-order valence-electron chi connectivity index (χ1n) is 9.45. The van der Waals surface area contributed by atoms with Gasteiger partial charge in [0.15, 0.2) is 0 Å². The van der Waals surface area contributed by atoms with Crippen LogP contribution in [0.2, 0.25) is 0 Å². The van der Waals surface area contributed by atoms with Crippen LogP contribution in [-0.2, 0) is 11.0 Å². The van der Waals surface area contributed by atoms with Gasteiger partial charge in [-0.1, -0.05) is 37.3 Å². The molecule has 1 aromatic carbocycles. The standard InChI is InChI=1S/C21H24F3N3O/c1-15(16-5-3-2-4-6-16)13-26-20(28)17-9-11-27(12-10-17)19-8-7-18(14-25-19)21(22,23)24/h2-8,14-15,17H,9-13H2,1H3,(H,26,28)/t15-/m1/s1. The van der Waals surface area contributed by atoms with Gasteiger partial charge in [0.25, 0.3) is 0 Å². The highest BCUT2D eigenvalue weighted by Gasteiger charge is 2.31. The van der Waals surface area contributed by atoms with E-state index in [2.05, 4.69) is 17.2 Å². The second-order valence-electron chi connectivity index (χ2n) is 7.22. The van der Waals surface area contributed by atoms with Crippen LogP contribution in [0.1, 0.15) is 36.8 Å². The average Bonchev–Trinajstić information content (AvgIpc) is 2.72. The van der Waals surface area contributed by atoms with Crippen LogP contribution in [0.3, 0.4) is 0 Å². The molecule has 1 N–H and O–H groups in total. The van der Waals surface area contributed by atoms with Gasteiger partial charge in [0.2, 0.25) is 5.91 Å². The number of nitrogens with one attached hydrogen (secondary N) is 1. The summed E-state index contributed by atoms with van der Waals surface area (Å²) in [5, 5.41) is 3.03. The second-order valence-corrected chi connectivity index (χ2v) is 7.22. The Morgan fingerprint density at radius 2 is 1.86 bits per heavy atom. The van der Waals surface area contributed by atoms with E-state index < -0.39 is 11.7 Å². The maximum Gasteiger partial charge on any atom is 0.417 e. The minimum atomic E-state index is -4.38. The number of carbonyl (C=O) groups is 1. The molecule has 2 heterocycles. The molecule has 1 atom stereocenters. The van der Waals surface area contributed by atoms with Crippen molar-refractivity contribution in [1.82, 2.24) is 10.3 Å². The maximum absolute atomic E-state index is 12.6. The number of pyridine rings is 1. The SMILES string of the molecule is C[C@H](CNC(=O)C1CCN(c2ccc(C(F)(F)F)cn2)CC1)c1ccccc1. The van der Waals surface area contributed by atoms with Crippen molar-refractivity contribution in [1.29, 1.82) is 0 Å². The number of hydrogen-bond acceptors (Lipinski definition) is 3. The van der Waals surface area contributed by atoms with E-state index in [1.807, 2.05) is 35.2 Å². The zero-order chi connectivity index (χ0) is 20.1. The van der Waals surface area contributed by atoms with E-state index in [0.29, 0.717) is 38.3 Å². The van der Waals surface area contributed by atoms with Crippen LogP contribution in [-0.4, -0.2) is 30.5 Å². The van der Waals surface area contributed by atoms with Crippen LogP contribution < -0.4 is 10.2 Å². The van der Waals surface area contributed by atoms with Gasteiger partial charge in [-0.3, -0.25) is 4.79 Å². The van der Waals surface area contributed by atoms with Crippen molar-refractivity contribution in [2.45, 2.75) is 31.9 Å². The summed E-state index contributed by atoms with van der Waals surface area (Å²) in [5.41, 5.74) is 0.434. The highest BCUT2D eigenvalue weighted by molar-refractivity contribution is 5.79. The molecule has 0 unspecified atom stereocenters. The van der Waals surface area contributed by atoms with Gasteiger partial charge in [0, 0.05) is 31.7 Å². The van der Waals surface area contributed by atoms with Crippen LogP contribution in [0.25, 0.3) is 0 Å². The molecule has 1 aliphatic rings. The molecular formula is C21H24F3N3O. The van der Waals surface area contributed by atoms with Crippen molar-refractivity contribution in [2.24, 2.45) is 5.92 Å². The minimum absolute atomic E-state index is 0.0443. The van der Waals surface area contributed by atoms with Gasteiger partial charge in [-0.15, -0.1) is 0 Å². The van der Waals surface area contributed by atoms with Gasteiger partial charge in [-0.25, -0.2) is 4.98 Å². The van der Waals surface area contributed by atoms with Crippen LogP contribution in [0.4, 0.5) is 19.0 Å². The fraction of sp³-hybridized carbons (Fsp3) is 0.429. The van der Waals surface area contributed by atoms with Gasteiger partial charge in [-0.2, -0.15) is 13.2 Å². The Morgan fingerprint density at radius 3 is 2.43 bits per heavy atom. The molecule has 150 valence electrons. The summed E-state index contributed by atoms with van der Waals surface area (Å²) in [5.74, 6) is 0.725. The summed E-state index contributed by atoms with van der Waals surface area (Å²) in [7, 11) is 0. The predicted molar refractivity (Wildman–Crippen MR) is 102 cm³/mol. The van der Waals surface area contributed by atoms with Crippen LogP contribution in [0.5, 0.6) is 0 Å². The summed E-state index contributed by atoms with van der Waals surface area (Å²) in [6, 6.07) is 12.5. The molecule has 0 aliphatic carbocycles. The highest BCUT2D eigenvalue weighted by Crippen LogP contribution is 2.30. The molecule has 3 rings (SSSR count). The van der Waals surface area contributed by atoms with Crippen molar-refractivity contribution >= 4 is 11.7 Å². The molecule has 1 fully saturated rings. The molecule has 1 aliphatic heterocycles. The quantitative estimate of drug-likeness (QED) is 0.829. The molecule has 0 bridgehead atoms. The van der Waals surface area contributed by atoms with Gasteiger partial charge in [0.1, 0.15) is 5.82 Å². The van der Waals surface area contributed by atoms with Crippen molar-refractivity contribution in [3.05, 3.63) is 59.8 Å². The topological polar surface area (TPSA) is 45.2 Å². The Morgan fingerprint density at radius 1 is 1.18 bits per heavy atom. The monoisotopic (exact) mass is 391 g/mol. The molecule has 0 saturated carbocycles. The normalized spacial score (nSPS) is 16.6. The van der Waals surface area contributed by atoms with Crippen LogP contribution in [0, 0.1) is 5.92 Å². The first-order valence-corrected chi connectivity index (χ1v) is 9.45. The van der Waals surface area contributed by atoms with E-state index >= 15 is 0 Å². The van der Waals surface area contributed by atoms with Crippen molar-refractivity contribution < 1.29 is 18.0 Å². The summed E-state index contributed by atoms with van der Waals surface area (Å²) >= 11 is 0. The molecule has 7 heteroatoms. The van der Waals surface area contributed by atoms with E-state index in [9.17, 15) is 18.0 Å². The zero-order valence-electron chi connectivity index (χ0n) is 15.7. The number of nitrogens with zero attached hydrogens (tertiary/aromatic N) is 2. The predicted octanol–water partition coefficient (Wildman–Crippen LogP) is 4.24. The van der Waals surface area contributed by atoms with Crippen molar-refractivity contribution in [3.63, 3.8) is 0 Å². The van der Waals surface area contributed by atoms with E-state index in [4.69, 9.17) is 0 Å². The number of anilines is 1. The third-order valence-corrected chi connectivity index (χ3v) is 5.22. The maximum atomic E-state index is 12.6.